The fraction of sp³-hybridized carbons (Fsp3) is 0. The zero-order valence-corrected chi connectivity index (χ0v) is 9.46. The summed E-state index contributed by atoms with van der Waals surface area (Å²) in [6, 6.07) is 5.71. The molecule has 2 heterocycles. The lowest BCUT2D eigenvalue weighted by Crippen LogP contribution is -1.82. The summed E-state index contributed by atoms with van der Waals surface area (Å²) in [5, 5.41) is 0.630. The van der Waals surface area contributed by atoms with Crippen molar-refractivity contribution in [3.8, 4) is 11.1 Å². The lowest BCUT2D eigenvalue weighted by atomic mass is 10.1. The van der Waals surface area contributed by atoms with Crippen molar-refractivity contribution in [2.24, 2.45) is 0 Å². The second-order valence-electron chi connectivity index (χ2n) is 2.76. The van der Waals surface area contributed by atoms with E-state index in [2.05, 4.69) is 25.9 Å². The second-order valence-corrected chi connectivity index (χ2v) is 4.01. The third-order valence-electron chi connectivity index (χ3n) is 1.77. The fourth-order valence-corrected chi connectivity index (χ4v) is 1.52. The number of pyridine rings is 2. The van der Waals surface area contributed by atoms with Crippen LogP contribution >= 0.6 is 27.5 Å². The van der Waals surface area contributed by atoms with Gasteiger partial charge in [-0.3, -0.25) is 4.98 Å². The first-order valence-electron chi connectivity index (χ1n) is 3.98. The number of aromatic nitrogens is 2. The predicted octanol–water partition coefficient (Wildman–Crippen LogP) is 3.56. The van der Waals surface area contributed by atoms with Gasteiger partial charge >= 0.3 is 0 Å². The standard InChI is InChI=1S/C10H6BrClN2/c11-10-2-1-7(5-14-10)8-3-9(12)6-13-4-8/h1-6H. The number of hydrogen-bond acceptors (Lipinski definition) is 2. The van der Waals surface area contributed by atoms with Crippen molar-refractivity contribution in [1.29, 1.82) is 0 Å². The lowest BCUT2D eigenvalue weighted by molar-refractivity contribution is 1.27. The monoisotopic (exact) mass is 268 g/mol. The van der Waals surface area contributed by atoms with Crippen LogP contribution in [0.2, 0.25) is 5.02 Å². The summed E-state index contributed by atoms with van der Waals surface area (Å²) in [5.41, 5.74) is 1.97. The Kier molecular flexibility index (Phi) is 2.79. The number of nitrogens with zero attached hydrogens (tertiary/aromatic N) is 2. The van der Waals surface area contributed by atoms with Crippen molar-refractivity contribution >= 4 is 27.5 Å². The van der Waals surface area contributed by atoms with Gasteiger partial charge in [0.1, 0.15) is 4.60 Å². The molecular formula is C10H6BrClN2. The molecule has 0 aliphatic carbocycles. The second kappa shape index (κ2) is 4.07. The van der Waals surface area contributed by atoms with Gasteiger partial charge in [0.25, 0.3) is 0 Å². The van der Waals surface area contributed by atoms with E-state index in [1.54, 1.807) is 18.6 Å². The maximum Gasteiger partial charge on any atom is 0.106 e. The highest BCUT2D eigenvalue weighted by molar-refractivity contribution is 9.10. The molecule has 0 N–H and O–H groups in total. The van der Waals surface area contributed by atoms with Crippen LogP contribution in [0.4, 0.5) is 0 Å². The van der Waals surface area contributed by atoms with Crippen LogP contribution < -0.4 is 0 Å². The van der Waals surface area contributed by atoms with E-state index in [-0.39, 0.29) is 0 Å². The Morgan fingerprint density at radius 2 is 1.93 bits per heavy atom. The molecule has 4 heteroatoms. The van der Waals surface area contributed by atoms with Crippen LogP contribution in [0, 0.1) is 0 Å². The SMILES string of the molecule is Clc1cncc(-c2ccc(Br)nc2)c1. The van der Waals surface area contributed by atoms with Gasteiger partial charge < -0.3 is 0 Å². The molecule has 0 saturated heterocycles. The van der Waals surface area contributed by atoms with Crippen molar-refractivity contribution < 1.29 is 0 Å². The van der Waals surface area contributed by atoms with Gasteiger partial charge in [0.05, 0.1) is 5.02 Å². The predicted molar refractivity (Wildman–Crippen MR) is 60.2 cm³/mol. The van der Waals surface area contributed by atoms with Crippen LogP contribution in [-0.4, -0.2) is 9.97 Å². The Balaban J connectivity index is 2.44. The Morgan fingerprint density at radius 3 is 2.57 bits per heavy atom. The molecule has 0 unspecified atom stereocenters. The minimum absolute atomic E-state index is 0.630. The molecule has 0 aliphatic heterocycles. The molecule has 2 rings (SSSR count). The highest BCUT2D eigenvalue weighted by Crippen LogP contribution is 2.21. The third kappa shape index (κ3) is 2.11. The molecule has 0 amide bonds. The van der Waals surface area contributed by atoms with E-state index in [9.17, 15) is 0 Å². The van der Waals surface area contributed by atoms with Crippen molar-refractivity contribution in [1.82, 2.24) is 9.97 Å². The molecule has 0 radical (unpaired) electrons. The maximum atomic E-state index is 5.83. The van der Waals surface area contributed by atoms with Gasteiger partial charge in [0, 0.05) is 29.7 Å². The van der Waals surface area contributed by atoms with Crippen molar-refractivity contribution in [3.63, 3.8) is 0 Å². The lowest BCUT2D eigenvalue weighted by Gasteiger charge is -2.00. The quantitative estimate of drug-likeness (QED) is 0.740. The van der Waals surface area contributed by atoms with Crippen molar-refractivity contribution in [2.75, 3.05) is 0 Å². The smallest absolute Gasteiger partial charge is 0.106 e. The number of rotatable bonds is 1. The fourth-order valence-electron chi connectivity index (χ4n) is 1.12. The van der Waals surface area contributed by atoms with Crippen molar-refractivity contribution in [2.45, 2.75) is 0 Å². The van der Waals surface area contributed by atoms with Gasteiger partial charge in [0.2, 0.25) is 0 Å². The van der Waals surface area contributed by atoms with Crippen LogP contribution in [0.5, 0.6) is 0 Å². The molecule has 2 aromatic heterocycles. The summed E-state index contributed by atoms with van der Waals surface area (Å²) < 4.78 is 0.816. The molecule has 0 fully saturated rings. The minimum atomic E-state index is 0.630. The van der Waals surface area contributed by atoms with Crippen LogP contribution in [0.25, 0.3) is 11.1 Å². The molecule has 14 heavy (non-hydrogen) atoms. The van der Waals surface area contributed by atoms with Crippen LogP contribution in [-0.2, 0) is 0 Å². The highest BCUT2D eigenvalue weighted by Gasteiger charge is 1.99. The molecular weight excluding hydrogens is 263 g/mol. The zero-order chi connectivity index (χ0) is 9.97. The summed E-state index contributed by atoms with van der Waals surface area (Å²) in [7, 11) is 0. The molecule has 0 saturated carbocycles. The Morgan fingerprint density at radius 1 is 1.07 bits per heavy atom. The molecule has 2 aromatic rings. The minimum Gasteiger partial charge on any atom is -0.263 e. The average molecular weight is 270 g/mol. The molecule has 0 aromatic carbocycles. The zero-order valence-electron chi connectivity index (χ0n) is 7.11. The molecule has 0 bridgehead atoms. The molecule has 0 aliphatic rings. The topological polar surface area (TPSA) is 25.8 Å². The van der Waals surface area contributed by atoms with Gasteiger partial charge in [-0.1, -0.05) is 17.7 Å². The first-order valence-corrected chi connectivity index (χ1v) is 5.15. The highest BCUT2D eigenvalue weighted by atomic mass is 79.9. The molecule has 0 atom stereocenters. The first-order chi connectivity index (χ1) is 6.75. The summed E-state index contributed by atoms with van der Waals surface area (Å²) >= 11 is 9.11. The summed E-state index contributed by atoms with van der Waals surface area (Å²) in [4.78, 5) is 8.14. The van der Waals surface area contributed by atoms with Gasteiger partial charge in [-0.25, -0.2) is 4.98 Å². The molecule has 70 valence electrons. The largest absolute Gasteiger partial charge is 0.263 e. The van der Waals surface area contributed by atoms with Crippen molar-refractivity contribution in [3.05, 3.63) is 46.4 Å². The van der Waals surface area contributed by atoms with E-state index in [1.807, 2.05) is 18.2 Å². The van der Waals surface area contributed by atoms with Gasteiger partial charge in [-0.15, -0.1) is 0 Å². The van der Waals surface area contributed by atoms with E-state index in [0.29, 0.717) is 5.02 Å². The Labute approximate surface area is 95.1 Å². The van der Waals surface area contributed by atoms with E-state index in [0.717, 1.165) is 15.7 Å². The van der Waals surface area contributed by atoms with Crippen LogP contribution in [0.3, 0.4) is 0 Å². The normalized spacial score (nSPS) is 10.1. The summed E-state index contributed by atoms with van der Waals surface area (Å²) in [6.07, 6.45) is 5.14. The molecule has 0 spiro atoms. The summed E-state index contributed by atoms with van der Waals surface area (Å²) in [6.45, 7) is 0. The van der Waals surface area contributed by atoms with Crippen LogP contribution in [0.1, 0.15) is 0 Å². The number of halogens is 2. The van der Waals surface area contributed by atoms with E-state index in [1.165, 1.54) is 0 Å². The van der Waals surface area contributed by atoms with Gasteiger partial charge in [-0.05, 0) is 28.1 Å². The van der Waals surface area contributed by atoms with Crippen LogP contribution in [0.15, 0.2) is 41.4 Å². The van der Waals surface area contributed by atoms with E-state index in [4.69, 9.17) is 11.6 Å². The molecule has 2 nitrogen and oxygen atoms in total. The third-order valence-corrected chi connectivity index (χ3v) is 2.44. The van der Waals surface area contributed by atoms with Gasteiger partial charge in [0.15, 0.2) is 0 Å². The van der Waals surface area contributed by atoms with E-state index < -0.39 is 0 Å². The first kappa shape index (κ1) is 9.62. The van der Waals surface area contributed by atoms with E-state index >= 15 is 0 Å². The number of hydrogen-bond donors (Lipinski definition) is 0. The Hall–Kier alpha value is -0.930. The Bertz CT molecular complexity index is 442. The summed E-state index contributed by atoms with van der Waals surface area (Å²) in [5.74, 6) is 0. The average Bonchev–Trinajstić information content (AvgIpc) is 2.19. The van der Waals surface area contributed by atoms with Gasteiger partial charge in [-0.2, -0.15) is 0 Å². The maximum absolute atomic E-state index is 5.83.